The fourth-order valence-electron chi connectivity index (χ4n) is 2.84. The van der Waals surface area contributed by atoms with E-state index < -0.39 is 0 Å². The number of pyridine rings is 1. The minimum Gasteiger partial charge on any atom is -0.380 e. The van der Waals surface area contributed by atoms with Gasteiger partial charge < -0.3 is 5.32 Å². The number of hydrogen-bond acceptors (Lipinski definition) is 2. The van der Waals surface area contributed by atoms with Crippen LogP contribution in [0.5, 0.6) is 0 Å². The van der Waals surface area contributed by atoms with E-state index in [2.05, 4.69) is 31.1 Å². The van der Waals surface area contributed by atoms with Crippen LogP contribution in [0.4, 0.5) is 5.69 Å². The molecule has 1 aliphatic rings. The maximum Gasteiger partial charge on any atom is 0.0718 e. The van der Waals surface area contributed by atoms with Crippen molar-refractivity contribution in [2.24, 2.45) is 11.3 Å². The predicted molar refractivity (Wildman–Crippen MR) is 73.5 cm³/mol. The number of nitrogens with zero attached hydrogens (tertiary/aromatic N) is 1. The van der Waals surface area contributed by atoms with Gasteiger partial charge in [0, 0.05) is 12.2 Å². The molecule has 1 aliphatic carbocycles. The predicted octanol–water partition coefficient (Wildman–Crippen LogP) is 4.36. The van der Waals surface area contributed by atoms with Crippen molar-refractivity contribution in [1.82, 2.24) is 4.98 Å². The third-order valence-corrected chi connectivity index (χ3v) is 4.13. The molecule has 2 atom stereocenters. The Morgan fingerprint density at radius 2 is 2.24 bits per heavy atom. The van der Waals surface area contributed by atoms with Crippen molar-refractivity contribution >= 4 is 17.3 Å². The van der Waals surface area contributed by atoms with Crippen molar-refractivity contribution in [3.8, 4) is 0 Å². The lowest BCUT2D eigenvalue weighted by Gasteiger charge is -2.40. The number of anilines is 1. The van der Waals surface area contributed by atoms with Crippen molar-refractivity contribution in [1.29, 1.82) is 0 Å². The van der Waals surface area contributed by atoms with E-state index in [-0.39, 0.29) is 0 Å². The highest BCUT2D eigenvalue weighted by atomic mass is 35.5. The van der Waals surface area contributed by atoms with Gasteiger partial charge in [-0.3, -0.25) is 4.98 Å². The lowest BCUT2D eigenvalue weighted by Crippen LogP contribution is -2.36. The van der Waals surface area contributed by atoms with Crippen LogP contribution >= 0.6 is 11.6 Å². The summed E-state index contributed by atoms with van der Waals surface area (Å²) in [6.45, 7) is 7.04. The van der Waals surface area contributed by atoms with Crippen LogP contribution < -0.4 is 5.32 Å². The fraction of sp³-hybridized carbons (Fsp3) is 0.643. The first-order chi connectivity index (χ1) is 7.98. The SMILES string of the molecule is CC1CC(C)(C)CCC1Nc1cnccc1Cl. The highest BCUT2D eigenvalue weighted by Gasteiger charge is 2.32. The Hall–Kier alpha value is -0.760. The first-order valence-electron chi connectivity index (χ1n) is 6.34. The van der Waals surface area contributed by atoms with Gasteiger partial charge >= 0.3 is 0 Å². The Labute approximate surface area is 109 Å². The van der Waals surface area contributed by atoms with E-state index in [0.717, 1.165) is 10.7 Å². The van der Waals surface area contributed by atoms with Crippen molar-refractivity contribution in [2.75, 3.05) is 5.32 Å². The van der Waals surface area contributed by atoms with E-state index in [9.17, 15) is 0 Å². The van der Waals surface area contributed by atoms with Gasteiger partial charge in [-0.1, -0.05) is 32.4 Å². The zero-order valence-electron chi connectivity index (χ0n) is 10.8. The first kappa shape index (κ1) is 12.7. The van der Waals surface area contributed by atoms with Crippen LogP contribution in [0.15, 0.2) is 18.5 Å². The van der Waals surface area contributed by atoms with Crippen molar-refractivity contribution < 1.29 is 0 Å². The number of hydrogen-bond donors (Lipinski definition) is 1. The molecule has 1 aromatic rings. The highest BCUT2D eigenvalue weighted by Crippen LogP contribution is 2.39. The molecule has 0 radical (unpaired) electrons. The van der Waals surface area contributed by atoms with Gasteiger partial charge in [0.05, 0.1) is 16.9 Å². The summed E-state index contributed by atoms with van der Waals surface area (Å²) in [5, 5.41) is 4.30. The summed E-state index contributed by atoms with van der Waals surface area (Å²) in [6, 6.07) is 2.35. The number of halogens is 1. The topological polar surface area (TPSA) is 24.9 Å². The molecule has 1 saturated carbocycles. The molecule has 0 saturated heterocycles. The highest BCUT2D eigenvalue weighted by molar-refractivity contribution is 6.33. The Bertz CT molecular complexity index is 390. The minimum atomic E-state index is 0.482. The van der Waals surface area contributed by atoms with Gasteiger partial charge in [0.25, 0.3) is 0 Å². The second kappa shape index (κ2) is 4.85. The lowest BCUT2D eigenvalue weighted by molar-refractivity contribution is 0.177. The monoisotopic (exact) mass is 252 g/mol. The maximum absolute atomic E-state index is 6.14. The van der Waals surface area contributed by atoms with E-state index in [1.54, 1.807) is 6.20 Å². The average molecular weight is 253 g/mol. The molecule has 3 heteroatoms. The Morgan fingerprint density at radius 3 is 2.88 bits per heavy atom. The summed E-state index contributed by atoms with van der Waals surface area (Å²) in [5.41, 5.74) is 1.45. The zero-order valence-corrected chi connectivity index (χ0v) is 11.6. The molecule has 2 nitrogen and oxygen atoms in total. The van der Waals surface area contributed by atoms with Gasteiger partial charge in [0.2, 0.25) is 0 Å². The molecule has 0 aromatic carbocycles. The van der Waals surface area contributed by atoms with Crippen LogP contribution in [0.1, 0.15) is 40.0 Å². The molecule has 1 heterocycles. The van der Waals surface area contributed by atoms with E-state index >= 15 is 0 Å². The van der Waals surface area contributed by atoms with Gasteiger partial charge in [0.15, 0.2) is 0 Å². The first-order valence-corrected chi connectivity index (χ1v) is 6.72. The maximum atomic E-state index is 6.14. The molecule has 17 heavy (non-hydrogen) atoms. The summed E-state index contributed by atoms with van der Waals surface area (Å²) in [5.74, 6) is 0.676. The molecule has 1 fully saturated rings. The summed E-state index contributed by atoms with van der Waals surface area (Å²) in [6.07, 6.45) is 7.28. The smallest absolute Gasteiger partial charge is 0.0718 e. The quantitative estimate of drug-likeness (QED) is 0.846. The Balaban J connectivity index is 2.03. The summed E-state index contributed by atoms with van der Waals surface area (Å²) in [7, 11) is 0. The van der Waals surface area contributed by atoms with Crippen molar-refractivity contribution in [2.45, 2.75) is 46.1 Å². The second-order valence-corrected chi connectivity index (χ2v) is 6.40. The van der Waals surface area contributed by atoms with Gasteiger partial charge in [-0.25, -0.2) is 0 Å². The molecular formula is C14H21ClN2. The fourth-order valence-corrected chi connectivity index (χ4v) is 3.00. The average Bonchev–Trinajstić information content (AvgIpc) is 2.24. The number of aromatic nitrogens is 1. The van der Waals surface area contributed by atoms with Gasteiger partial charge in [-0.15, -0.1) is 0 Å². The standard InChI is InChI=1S/C14H21ClN2/c1-10-8-14(2,3)6-4-12(10)17-13-9-16-7-5-11(13)15/h5,7,9-10,12,17H,4,6,8H2,1-3H3. The molecule has 0 aliphatic heterocycles. The Morgan fingerprint density at radius 1 is 1.47 bits per heavy atom. The van der Waals surface area contributed by atoms with Crippen LogP contribution in [0.3, 0.4) is 0 Å². The molecule has 1 N–H and O–H groups in total. The Kier molecular flexibility index (Phi) is 3.62. The van der Waals surface area contributed by atoms with E-state index in [1.165, 1.54) is 19.3 Å². The molecule has 94 valence electrons. The number of rotatable bonds is 2. The third kappa shape index (κ3) is 3.12. The molecule has 2 rings (SSSR count). The van der Waals surface area contributed by atoms with Gasteiger partial charge in [0.1, 0.15) is 0 Å². The van der Waals surface area contributed by atoms with Gasteiger partial charge in [-0.05, 0) is 36.7 Å². The molecule has 2 unspecified atom stereocenters. The largest absolute Gasteiger partial charge is 0.380 e. The van der Waals surface area contributed by atoms with E-state index in [4.69, 9.17) is 11.6 Å². The lowest BCUT2D eigenvalue weighted by atomic mass is 9.70. The summed E-state index contributed by atoms with van der Waals surface area (Å²) < 4.78 is 0. The molecule has 1 aromatic heterocycles. The molecular weight excluding hydrogens is 232 g/mol. The zero-order chi connectivity index (χ0) is 12.5. The van der Waals surface area contributed by atoms with Crippen LogP contribution in [0.2, 0.25) is 5.02 Å². The molecule has 0 amide bonds. The van der Waals surface area contributed by atoms with Crippen LogP contribution in [0.25, 0.3) is 0 Å². The minimum absolute atomic E-state index is 0.482. The van der Waals surface area contributed by atoms with E-state index in [0.29, 0.717) is 17.4 Å². The molecule has 0 bridgehead atoms. The normalized spacial score (nSPS) is 27.8. The van der Waals surface area contributed by atoms with Gasteiger partial charge in [-0.2, -0.15) is 0 Å². The van der Waals surface area contributed by atoms with Crippen molar-refractivity contribution in [3.05, 3.63) is 23.5 Å². The molecule has 0 spiro atoms. The van der Waals surface area contributed by atoms with Crippen molar-refractivity contribution in [3.63, 3.8) is 0 Å². The summed E-state index contributed by atoms with van der Waals surface area (Å²) >= 11 is 6.14. The second-order valence-electron chi connectivity index (χ2n) is 5.99. The third-order valence-electron chi connectivity index (χ3n) is 3.80. The van der Waals surface area contributed by atoms with Crippen LogP contribution in [-0.4, -0.2) is 11.0 Å². The number of nitrogens with one attached hydrogen (secondary N) is 1. The van der Waals surface area contributed by atoms with Crippen LogP contribution in [0, 0.1) is 11.3 Å². The van der Waals surface area contributed by atoms with E-state index in [1.807, 2.05) is 12.3 Å². The van der Waals surface area contributed by atoms with Crippen LogP contribution in [-0.2, 0) is 0 Å². The summed E-state index contributed by atoms with van der Waals surface area (Å²) in [4.78, 5) is 4.12.